The highest BCUT2D eigenvalue weighted by atomic mass is 16.5. The Labute approximate surface area is 120 Å². The molecule has 0 bridgehead atoms. The molecule has 0 saturated carbocycles. The largest absolute Gasteiger partial charge is 0.489 e. The van der Waals surface area contributed by atoms with Crippen LogP contribution in [0.1, 0.15) is 41.1 Å². The van der Waals surface area contributed by atoms with E-state index in [2.05, 4.69) is 49.4 Å². The summed E-state index contributed by atoms with van der Waals surface area (Å²) in [7, 11) is 0. The van der Waals surface area contributed by atoms with Gasteiger partial charge in [0.1, 0.15) is 12.4 Å². The molecule has 0 spiro atoms. The second-order valence-corrected chi connectivity index (χ2v) is 5.64. The summed E-state index contributed by atoms with van der Waals surface area (Å²) in [6.07, 6.45) is 3.41. The number of aryl methyl sites for hydroxylation is 2. The summed E-state index contributed by atoms with van der Waals surface area (Å²) in [4.78, 5) is 0. The van der Waals surface area contributed by atoms with Crippen LogP contribution in [0.5, 0.6) is 5.75 Å². The predicted molar refractivity (Wildman–Crippen MR) is 81.8 cm³/mol. The molecule has 1 aliphatic carbocycles. The van der Waals surface area contributed by atoms with Gasteiger partial charge in [0.2, 0.25) is 0 Å². The summed E-state index contributed by atoms with van der Waals surface area (Å²) in [6, 6.07) is 14.9. The molecular formula is C18H21NO. The Hall–Kier alpha value is -1.80. The fourth-order valence-electron chi connectivity index (χ4n) is 2.87. The standard InChI is InChI=1S/C18H21NO/c1-13-4-2-5-14(10-13)12-20-16-9-8-15-6-3-7-18(19)17(15)11-16/h2,4-5,8-11,18H,3,6-7,12,19H2,1H3/t18-/m1/s1. The first-order chi connectivity index (χ1) is 9.72. The minimum absolute atomic E-state index is 0.168. The van der Waals surface area contributed by atoms with Crippen LogP contribution in [0.3, 0.4) is 0 Å². The van der Waals surface area contributed by atoms with E-state index in [1.54, 1.807) is 0 Å². The Morgan fingerprint density at radius 3 is 2.95 bits per heavy atom. The van der Waals surface area contributed by atoms with Crippen LogP contribution in [-0.2, 0) is 13.0 Å². The normalized spacial score (nSPS) is 17.6. The van der Waals surface area contributed by atoms with Gasteiger partial charge in [0.05, 0.1) is 0 Å². The van der Waals surface area contributed by atoms with Gasteiger partial charge in [-0.25, -0.2) is 0 Å². The monoisotopic (exact) mass is 267 g/mol. The first-order valence-corrected chi connectivity index (χ1v) is 7.29. The highest BCUT2D eigenvalue weighted by Crippen LogP contribution is 2.31. The lowest BCUT2D eigenvalue weighted by atomic mass is 9.88. The van der Waals surface area contributed by atoms with Crippen LogP contribution in [0.15, 0.2) is 42.5 Å². The summed E-state index contributed by atoms with van der Waals surface area (Å²) < 4.78 is 5.91. The second kappa shape index (κ2) is 5.68. The van der Waals surface area contributed by atoms with E-state index in [-0.39, 0.29) is 6.04 Å². The first-order valence-electron chi connectivity index (χ1n) is 7.29. The Bertz CT molecular complexity index is 606. The van der Waals surface area contributed by atoms with E-state index < -0.39 is 0 Å². The van der Waals surface area contributed by atoms with E-state index in [9.17, 15) is 0 Å². The number of hydrogen-bond acceptors (Lipinski definition) is 2. The minimum Gasteiger partial charge on any atom is -0.489 e. The van der Waals surface area contributed by atoms with Crippen molar-refractivity contribution >= 4 is 0 Å². The van der Waals surface area contributed by atoms with Gasteiger partial charge in [0.15, 0.2) is 0 Å². The topological polar surface area (TPSA) is 35.2 Å². The van der Waals surface area contributed by atoms with Gasteiger partial charge in [-0.3, -0.25) is 0 Å². The molecule has 3 rings (SSSR count). The molecule has 2 nitrogen and oxygen atoms in total. The molecule has 0 unspecified atom stereocenters. The summed E-state index contributed by atoms with van der Waals surface area (Å²) in [5.74, 6) is 0.919. The van der Waals surface area contributed by atoms with Gasteiger partial charge in [-0.15, -0.1) is 0 Å². The van der Waals surface area contributed by atoms with E-state index in [1.165, 1.54) is 28.7 Å². The number of rotatable bonds is 3. The van der Waals surface area contributed by atoms with Crippen molar-refractivity contribution in [3.05, 3.63) is 64.7 Å². The molecule has 0 amide bonds. The molecule has 0 fully saturated rings. The third kappa shape index (κ3) is 2.86. The van der Waals surface area contributed by atoms with Gasteiger partial charge in [-0.1, -0.05) is 35.9 Å². The lowest BCUT2D eigenvalue weighted by Crippen LogP contribution is -2.17. The molecule has 1 aliphatic rings. The van der Waals surface area contributed by atoms with Crippen molar-refractivity contribution in [2.24, 2.45) is 5.73 Å². The van der Waals surface area contributed by atoms with Crippen molar-refractivity contribution in [3.63, 3.8) is 0 Å². The van der Waals surface area contributed by atoms with Gasteiger partial charge in [-0.05, 0) is 55.0 Å². The number of hydrogen-bond donors (Lipinski definition) is 1. The number of benzene rings is 2. The highest BCUT2D eigenvalue weighted by Gasteiger charge is 2.17. The molecule has 0 aliphatic heterocycles. The smallest absolute Gasteiger partial charge is 0.120 e. The fourth-order valence-corrected chi connectivity index (χ4v) is 2.87. The number of nitrogens with two attached hydrogens (primary N) is 1. The van der Waals surface area contributed by atoms with Crippen molar-refractivity contribution in [1.82, 2.24) is 0 Å². The van der Waals surface area contributed by atoms with Gasteiger partial charge in [-0.2, -0.15) is 0 Å². The molecule has 1 atom stereocenters. The lowest BCUT2D eigenvalue weighted by Gasteiger charge is -2.22. The third-order valence-electron chi connectivity index (χ3n) is 3.97. The molecule has 104 valence electrons. The maximum absolute atomic E-state index is 6.19. The number of ether oxygens (including phenoxy) is 1. The average Bonchev–Trinajstić information content (AvgIpc) is 2.46. The van der Waals surface area contributed by atoms with Crippen LogP contribution in [0.4, 0.5) is 0 Å². The van der Waals surface area contributed by atoms with Gasteiger partial charge in [0, 0.05) is 6.04 Å². The first kappa shape index (κ1) is 13.2. The zero-order valence-corrected chi connectivity index (χ0v) is 11.9. The summed E-state index contributed by atoms with van der Waals surface area (Å²) in [6.45, 7) is 2.71. The molecule has 0 radical (unpaired) electrons. The van der Waals surface area contributed by atoms with Gasteiger partial charge >= 0.3 is 0 Å². The zero-order valence-electron chi connectivity index (χ0n) is 11.9. The van der Waals surface area contributed by atoms with Crippen molar-refractivity contribution in [2.75, 3.05) is 0 Å². The molecule has 2 aromatic rings. The van der Waals surface area contributed by atoms with E-state index >= 15 is 0 Å². The Kier molecular flexibility index (Phi) is 3.75. The molecule has 0 saturated heterocycles. The van der Waals surface area contributed by atoms with Crippen molar-refractivity contribution < 1.29 is 4.74 Å². The van der Waals surface area contributed by atoms with Crippen molar-refractivity contribution in [1.29, 1.82) is 0 Å². The highest BCUT2D eigenvalue weighted by molar-refractivity contribution is 5.39. The zero-order chi connectivity index (χ0) is 13.9. The third-order valence-corrected chi connectivity index (χ3v) is 3.97. The molecule has 0 aromatic heterocycles. The maximum Gasteiger partial charge on any atom is 0.120 e. The number of fused-ring (bicyclic) bond motifs is 1. The van der Waals surface area contributed by atoms with Crippen LogP contribution in [0, 0.1) is 6.92 Å². The molecule has 0 heterocycles. The Morgan fingerprint density at radius 1 is 1.20 bits per heavy atom. The summed E-state index contributed by atoms with van der Waals surface area (Å²) >= 11 is 0. The van der Waals surface area contributed by atoms with Gasteiger partial charge < -0.3 is 10.5 Å². The molecule has 2 heteroatoms. The maximum atomic E-state index is 6.19. The van der Waals surface area contributed by atoms with E-state index in [0.29, 0.717) is 6.61 Å². The molecular weight excluding hydrogens is 246 g/mol. The van der Waals surface area contributed by atoms with E-state index in [1.807, 2.05) is 0 Å². The minimum atomic E-state index is 0.168. The van der Waals surface area contributed by atoms with Crippen LogP contribution in [0.2, 0.25) is 0 Å². The van der Waals surface area contributed by atoms with Crippen molar-refractivity contribution in [2.45, 2.75) is 38.8 Å². The molecule has 20 heavy (non-hydrogen) atoms. The van der Waals surface area contributed by atoms with E-state index in [4.69, 9.17) is 10.5 Å². The van der Waals surface area contributed by atoms with Gasteiger partial charge in [0.25, 0.3) is 0 Å². The van der Waals surface area contributed by atoms with Crippen LogP contribution >= 0.6 is 0 Å². The van der Waals surface area contributed by atoms with E-state index in [0.717, 1.165) is 18.6 Å². The fraction of sp³-hybridized carbons (Fsp3) is 0.333. The van der Waals surface area contributed by atoms with Crippen LogP contribution in [0.25, 0.3) is 0 Å². The average molecular weight is 267 g/mol. The summed E-state index contributed by atoms with van der Waals surface area (Å²) in [5.41, 5.74) is 11.3. The Balaban J connectivity index is 1.73. The Morgan fingerprint density at radius 2 is 2.10 bits per heavy atom. The van der Waals surface area contributed by atoms with Crippen LogP contribution < -0.4 is 10.5 Å². The van der Waals surface area contributed by atoms with Crippen molar-refractivity contribution in [3.8, 4) is 5.75 Å². The molecule has 2 aromatic carbocycles. The summed E-state index contributed by atoms with van der Waals surface area (Å²) in [5, 5.41) is 0. The second-order valence-electron chi connectivity index (χ2n) is 5.64. The quantitative estimate of drug-likeness (QED) is 0.915. The predicted octanol–water partition coefficient (Wildman–Crippen LogP) is 3.91. The SMILES string of the molecule is Cc1cccc(COc2ccc3c(c2)[C@H](N)CCC3)c1. The lowest BCUT2D eigenvalue weighted by molar-refractivity contribution is 0.305. The van der Waals surface area contributed by atoms with Crippen LogP contribution in [-0.4, -0.2) is 0 Å². The molecule has 2 N–H and O–H groups in total.